The zero-order valence-corrected chi connectivity index (χ0v) is 14.6. The molecule has 6 nitrogen and oxygen atoms in total. The van der Waals surface area contributed by atoms with E-state index in [1.807, 2.05) is 12.1 Å². The molecule has 1 saturated heterocycles. The van der Waals surface area contributed by atoms with E-state index in [-0.39, 0.29) is 12.0 Å². The lowest BCUT2D eigenvalue weighted by Crippen LogP contribution is -2.42. The van der Waals surface area contributed by atoms with E-state index in [4.69, 9.17) is 13.9 Å². The van der Waals surface area contributed by atoms with E-state index in [0.717, 1.165) is 31.9 Å². The van der Waals surface area contributed by atoms with Gasteiger partial charge in [-0.1, -0.05) is 26.0 Å². The lowest BCUT2D eigenvalue weighted by molar-refractivity contribution is -0.0328. The zero-order valence-electron chi connectivity index (χ0n) is 14.6. The molecule has 1 fully saturated rings. The quantitative estimate of drug-likeness (QED) is 0.811. The fraction of sp³-hybridized carbons (Fsp3) is 0.556. The maximum absolute atomic E-state index is 5.92. The van der Waals surface area contributed by atoms with Crippen LogP contribution in [0.1, 0.15) is 37.1 Å². The molecule has 0 saturated carbocycles. The van der Waals surface area contributed by atoms with Crippen LogP contribution in [0.15, 0.2) is 28.7 Å². The predicted octanol–water partition coefficient (Wildman–Crippen LogP) is 2.65. The van der Waals surface area contributed by atoms with Crippen molar-refractivity contribution in [1.82, 2.24) is 15.1 Å². The van der Waals surface area contributed by atoms with Crippen LogP contribution < -0.4 is 4.74 Å². The first-order valence-electron chi connectivity index (χ1n) is 8.43. The first kappa shape index (κ1) is 16.9. The van der Waals surface area contributed by atoms with Crippen LogP contribution in [0.3, 0.4) is 0 Å². The van der Waals surface area contributed by atoms with E-state index >= 15 is 0 Å². The van der Waals surface area contributed by atoms with Gasteiger partial charge in [0.15, 0.2) is 0 Å². The van der Waals surface area contributed by atoms with E-state index in [0.29, 0.717) is 18.3 Å². The van der Waals surface area contributed by atoms with Crippen LogP contribution >= 0.6 is 0 Å². The Morgan fingerprint density at radius 1 is 1.33 bits per heavy atom. The molecule has 0 N–H and O–H groups in total. The van der Waals surface area contributed by atoms with Gasteiger partial charge in [0, 0.05) is 25.4 Å². The second-order valence-corrected chi connectivity index (χ2v) is 6.47. The standard InChI is InChI=1S/C18H25N3O3/c1-13(2)18-20-19-17(24-18)12-21-7-8-23-16(11-21)10-14-5-4-6-15(9-14)22-3/h4-6,9,13,16H,7-8,10-12H2,1-3H3. The third-order valence-corrected chi connectivity index (χ3v) is 4.16. The van der Waals surface area contributed by atoms with Crippen LogP contribution in [0.25, 0.3) is 0 Å². The van der Waals surface area contributed by atoms with E-state index in [9.17, 15) is 0 Å². The van der Waals surface area contributed by atoms with E-state index in [2.05, 4.69) is 41.1 Å². The van der Waals surface area contributed by atoms with Crippen molar-refractivity contribution in [3.8, 4) is 5.75 Å². The Balaban J connectivity index is 1.57. The largest absolute Gasteiger partial charge is 0.497 e. The Hall–Kier alpha value is -1.92. The molecule has 1 aromatic heterocycles. The van der Waals surface area contributed by atoms with Gasteiger partial charge in [0.2, 0.25) is 11.8 Å². The highest BCUT2D eigenvalue weighted by Crippen LogP contribution is 2.18. The van der Waals surface area contributed by atoms with Crippen molar-refractivity contribution in [1.29, 1.82) is 0 Å². The van der Waals surface area contributed by atoms with Crippen molar-refractivity contribution in [3.63, 3.8) is 0 Å². The predicted molar refractivity (Wildman–Crippen MR) is 90.1 cm³/mol. The van der Waals surface area contributed by atoms with Gasteiger partial charge in [-0.3, -0.25) is 4.90 Å². The third-order valence-electron chi connectivity index (χ3n) is 4.16. The summed E-state index contributed by atoms with van der Waals surface area (Å²) in [5.41, 5.74) is 1.22. The molecule has 3 rings (SSSR count). The second kappa shape index (κ2) is 7.77. The van der Waals surface area contributed by atoms with Crippen LogP contribution in [-0.4, -0.2) is 48.0 Å². The Kier molecular flexibility index (Phi) is 5.48. The number of methoxy groups -OCH3 is 1. The van der Waals surface area contributed by atoms with Crippen LogP contribution in [0, 0.1) is 0 Å². The van der Waals surface area contributed by atoms with Gasteiger partial charge in [-0.25, -0.2) is 0 Å². The average Bonchev–Trinajstić information content (AvgIpc) is 3.04. The van der Waals surface area contributed by atoms with Crippen molar-refractivity contribution in [2.24, 2.45) is 0 Å². The number of ether oxygens (including phenoxy) is 2. The van der Waals surface area contributed by atoms with Crippen molar-refractivity contribution in [2.45, 2.75) is 38.8 Å². The Bertz CT molecular complexity index is 656. The summed E-state index contributed by atoms with van der Waals surface area (Å²) in [7, 11) is 1.69. The van der Waals surface area contributed by atoms with Gasteiger partial charge in [0.1, 0.15) is 5.75 Å². The summed E-state index contributed by atoms with van der Waals surface area (Å²) in [5.74, 6) is 2.52. The molecule has 0 bridgehead atoms. The smallest absolute Gasteiger partial charge is 0.230 e. The highest BCUT2D eigenvalue weighted by Gasteiger charge is 2.23. The summed E-state index contributed by atoms with van der Waals surface area (Å²) in [6.07, 6.45) is 1.03. The first-order chi connectivity index (χ1) is 11.6. The molecule has 1 aromatic carbocycles. The summed E-state index contributed by atoms with van der Waals surface area (Å²) in [6.45, 7) is 7.24. The molecule has 1 aliphatic heterocycles. The molecule has 2 aromatic rings. The molecule has 6 heteroatoms. The Labute approximate surface area is 142 Å². The van der Waals surface area contributed by atoms with Crippen molar-refractivity contribution in [2.75, 3.05) is 26.8 Å². The number of benzene rings is 1. The first-order valence-corrected chi connectivity index (χ1v) is 8.43. The Morgan fingerprint density at radius 3 is 2.96 bits per heavy atom. The number of aromatic nitrogens is 2. The van der Waals surface area contributed by atoms with Crippen molar-refractivity contribution < 1.29 is 13.9 Å². The molecule has 0 aliphatic carbocycles. The maximum Gasteiger partial charge on any atom is 0.230 e. The van der Waals surface area contributed by atoms with Gasteiger partial charge in [-0.05, 0) is 17.7 Å². The van der Waals surface area contributed by atoms with Gasteiger partial charge in [-0.15, -0.1) is 10.2 Å². The minimum absolute atomic E-state index is 0.165. The molecule has 0 amide bonds. The number of nitrogens with zero attached hydrogens (tertiary/aromatic N) is 3. The Morgan fingerprint density at radius 2 is 2.21 bits per heavy atom. The molecule has 1 aliphatic rings. The minimum atomic E-state index is 0.165. The van der Waals surface area contributed by atoms with Crippen LogP contribution in [0.2, 0.25) is 0 Å². The minimum Gasteiger partial charge on any atom is -0.497 e. The van der Waals surface area contributed by atoms with Crippen LogP contribution in [0.4, 0.5) is 0 Å². The third kappa shape index (κ3) is 4.33. The van der Waals surface area contributed by atoms with E-state index in [1.165, 1.54) is 5.56 Å². The van der Waals surface area contributed by atoms with E-state index in [1.54, 1.807) is 7.11 Å². The number of hydrogen-bond acceptors (Lipinski definition) is 6. The summed E-state index contributed by atoms with van der Waals surface area (Å²) < 4.78 is 16.9. The molecule has 0 spiro atoms. The zero-order chi connectivity index (χ0) is 16.9. The fourth-order valence-electron chi connectivity index (χ4n) is 2.86. The highest BCUT2D eigenvalue weighted by atomic mass is 16.5. The van der Waals surface area contributed by atoms with Gasteiger partial charge in [0.05, 0.1) is 26.4 Å². The fourth-order valence-corrected chi connectivity index (χ4v) is 2.86. The van der Waals surface area contributed by atoms with Gasteiger partial charge < -0.3 is 13.9 Å². The summed E-state index contributed by atoms with van der Waals surface area (Å²) >= 11 is 0. The SMILES string of the molecule is COc1cccc(CC2CN(Cc3nnc(C(C)C)o3)CCO2)c1. The lowest BCUT2D eigenvalue weighted by Gasteiger charge is -2.32. The highest BCUT2D eigenvalue weighted by molar-refractivity contribution is 5.28. The monoisotopic (exact) mass is 331 g/mol. The van der Waals surface area contributed by atoms with Gasteiger partial charge >= 0.3 is 0 Å². The molecule has 130 valence electrons. The van der Waals surface area contributed by atoms with Crippen molar-refractivity contribution >= 4 is 0 Å². The normalized spacial score (nSPS) is 18.9. The summed E-state index contributed by atoms with van der Waals surface area (Å²) in [4.78, 5) is 2.31. The van der Waals surface area contributed by atoms with Crippen LogP contribution in [-0.2, 0) is 17.7 Å². The summed E-state index contributed by atoms with van der Waals surface area (Å²) in [5, 5.41) is 8.25. The summed E-state index contributed by atoms with van der Waals surface area (Å²) in [6, 6.07) is 8.15. The number of hydrogen-bond donors (Lipinski definition) is 0. The van der Waals surface area contributed by atoms with E-state index < -0.39 is 0 Å². The molecule has 1 unspecified atom stereocenters. The van der Waals surface area contributed by atoms with Gasteiger partial charge in [0.25, 0.3) is 0 Å². The molecular formula is C18H25N3O3. The van der Waals surface area contributed by atoms with Crippen LogP contribution in [0.5, 0.6) is 5.75 Å². The van der Waals surface area contributed by atoms with Crippen molar-refractivity contribution in [3.05, 3.63) is 41.6 Å². The molecule has 24 heavy (non-hydrogen) atoms. The lowest BCUT2D eigenvalue weighted by atomic mass is 10.1. The average molecular weight is 331 g/mol. The molecule has 2 heterocycles. The molecule has 1 atom stereocenters. The van der Waals surface area contributed by atoms with Gasteiger partial charge in [-0.2, -0.15) is 0 Å². The number of rotatable bonds is 6. The molecule has 0 radical (unpaired) electrons. The maximum atomic E-state index is 5.92. The number of morpholine rings is 1. The topological polar surface area (TPSA) is 60.6 Å². The molecular weight excluding hydrogens is 306 g/mol. The second-order valence-electron chi connectivity index (χ2n) is 6.47.